The standard InChI is InChI=1S/C20H17NO2/c1-12-7-9-14(10-8-12)17-18(20(23)19(17)22)21-13(2)11-15-5-3-4-6-16(15)21/h3-10,13H,11H2,1-2H3/t13-/m1/s1. The number of nitrogens with zero attached hydrogens (tertiary/aromatic N) is 1. The molecular weight excluding hydrogens is 286 g/mol. The number of hydrogen-bond acceptors (Lipinski definition) is 3. The molecule has 0 saturated heterocycles. The van der Waals surface area contributed by atoms with Crippen molar-refractivity contribution in [3.8, 4) is 11.1 Å². The Morgan fingerprint density at radius 3 is 2.39 bits per heavy atom. The predicted octanol–water partition coefficient (Wildman–Crippen LogP) is 3.34. The van der Waals surface area contributed by atoms with Crippen LogP contribution in [0.4, 0.5) is 11.4 Å². The van der Waals surface area contributed by atoms with Gasteiger partial charge in [-0.1, -0.05) is 48.0 Å². The van der Waals surface area contributed by atoms with Gasteiger partial charge in [-0.25, -0.2) is 0 Å². The molecule has 3 aromatic carbocycles. The maximum absolute atomic E-state index is 12.3. The largest absolute Gasteiger partial charge is 0.334 e. The van der Waals surface area contributed by atoms with E-state index in [1.165, 1.54) is 5.56 Å². The van der Waals surface area contributed by atoms with Crippen molar-refractivity contribution in [3.63, 3.8) is 0 Å². The molecule has 1 heterocycles. The fourth-order valence-electron chi connectivity index (χ4n) is 3.50. The lowest BCUT2D eigenvalue weighted by molar-refractivity contribution is 0.755. The molecule has 1 aliphatic rings. The van der Waals surface area contributed by atoms with Crippen molar-refractivity contribution in [3.05, 3.63) is 80.1 Å². The quantitative estimate of drug-likeness (QED) is 0.681. The van der Waals surface area contributed by atoms with Crippen molar-refractivity contribution in [1.29, 1.82) is 0 Å². The van der Waals surface area contributed by atoms with Gasteiger partial charge >= 0.3 is 0 Å². The molecule has 0 unspecified atom stereocenters. The van der Waals surface area contributed by atoms with Crippen LogP contribution in [0.25, 0.3) is 11.1 Å². The summed E-state index contributed by atoms with van der Waals surface area (Å²) in [4.78, 5) is 26.5. The van der Waals surface area contributed by atoms with Gasteiger partial charge in [-0.05, 0) is 37.5 Å². The summed E-state index contributed by atoms with van der Waals surface area (Å²) in [6, 6.07) is 16.1. The van der Waals surface area contributed by atoms with E-state index < -0.39 is 0 Å². The summed E-state index contributed by atoms with van der Waals surface area (Å²) in [6.45, 7) is 4.10. The van der Waals surface area contributed by atoms with Gasteiger partial charge in [0.1, 0.15) is 5.69 Å². The Balaban J connectivity index is 1.89. The van der Waals surface area contributed by atoms with E-state index in [-0.39, 0.29) is 16.9 Å². The summed E-state index contributed by atoms with van der Waals surface area (Å²) in [5.41, 5.74) is 4.59. The van der Waals surface area contributed by atoms with E-state index in [1.54, 1.807) is 0 Å². The first-order chi connectivity index (χ1) is 11.1. The van der Waals surface area contributed by atoms with Gasteiger partial charge in [0.2, 0.25) is 5.43 Å². The van der Waals surface area contributed by atoms with E-state index in [9.17, 15) is 9.59 Å². The fourth-order valence-corrected chi connectivity index (χ4v) is 3.50. The van der Waals surface area contributed by atoms with Crippen LogP contribution in [0.1, 0.15) is 18.1 Å². The Morgan fingerprint density at radius 1 is 0.957 bits per heavy atom. The molecule has 3 heteroatoms. The molecule has 1 atom stereocenters. The zero-order valence-electron chi connectivity index (χ0n) is 13.2. The van der Waals surface area contributed by atoms with Crippen LogP contribution in [0.15, 0.2) is 58.1 Å². The molecule has 0 radical (unpaired) electrons. The first-order valence-electron chi connectivity index (χ1n) is 7.85. The summed E-state index contributed by atoms with van der Waals surface area (Å²) >= 11 is 0. The van der Waals surface area contributed by atoms with E-state index in [0.717, 1.165) is 23.2 Å². The van der Waals surface area contributed by atoms with Gasteiger partial charge in [0, 0.05) is 11.7 Å². The highest BCUT2D eigenvalue weighted by atomic mass is 16.2. The average Bonchev–Trinajstić information content (AvgIpc) is 2.88. The van der Waals surface area contributed by atoms with Crippen LogP contribution in [-0.4, -0.2) is 6.04 Å². The van der Waals surface area contributed by atoms with Gasteiger partial charge in [0.15, 0.2) is 0 Å². The van der Waals surface area contributed by atoms with E-state index in [1.807, 2.05) is 54.3 Å². The Labute approximate surface area is 134 Å². The van der Waals surface area contributed by atoms with Crippen LogP contribution in [0.5, 0.6) is 0 Å². The molecule has 0 fully saturated rings. The van der Waals surface area contributed by atoms with Crippen LogP contribution >= 0.6 is 0 Å². The molecule has 4 rings (SSSR count). The number of fused-ring (bicyclic) bond motifs is 1. The molecule has 1 aliphatic heterocycles. The Bertz CT molecular complexity index is 962. The Hall–Kier alpha value is -2.68. The van der Waals surface area contributed by atoms with Crippen molar-refractivity contribution in [2.24, 2.45) is 0 Å². The third-order valence-corrected chi connectivity index (χ3v) is 4.67. The van der Waals surface area contributed by atoms with Gasteiger partial charge in [0.25, 0.3) is 5.43 Å². The molecule has 0 amide bonds. The van der Waals surface area contributed by atoms with Crippen LogP contribution in [-0.2, 0) is 6.42 Å². The minimum atomic E-state index is -0.375. The lowest BCUT2D eigenvalue weighted by atomic mass is 9.96. The summed E-state index contributed by atoms with van der Waals surface area (Å²) < 4.78 is 0. The van der Waals surface area contributed by atoms with Crippen LogP contribution < -0.4 is 15.8 Å². The lowest BCUT2D eigenvalue weighted by Gasteiger charge is -2.28. The van der Waals surface area contributed by atoms with Crippen LogP contribution in [0, 0.1) is 6.92 Å². The highest BCUT2D eigenvalue weighted by Gasteiger charge is 2.35. The fraction of sp³-hybridized carbons (Fsp3) is 0.200. The first-order valence-corrected chi connectivity index (χ1v) is 7.85. The van der Waals surface area contributed by atoms with Crippen molar-refractivity contribution in [2.75, 3.05) is 4.90 Å². The number of rotatable bonds is 2. The smallest absolute Gasteiger partial charge is 0.250 e. The van der Waals surface area contributed by atoms with Gasteiger partial charge in [0.05, 0.1) is 5.56 Å². The Morgan fingerprint density at radius 2 is 1.65 bits per heavy atom. The second-order valence-corrected chi connectivity index (χ2v) is 6.30. The van der Waals surface area contributed by atoms with Crippen molar-refractivity contribution >= 4 is 11.4 Å². The molecule has 0 N–H and O–H groups in total. The molecule has 3 aromatic rings. The second kappa shape index (κ2) is 4.92. The SMILES string of the molecule is Cc1ccc(-c2c(N3c4ccccc4C[C@H]3C)c(=O)c2=O)cc1. The van der Waals surface area contributed by atoms with Crippen molar-refractivity contribution < 1.29 is 0 Å². The summed E-state index contributed by atoms with van der Waals surface area (Å²) in [5, 5.41) is 0. The molecule has 0 aromatic heterocycles. The summed E-state index contributed by atoms with van der Waals surface area (Å²) in [7, 11) is 0. The normalized spacial score (nSPS) is 16.8. The molecule has 0 spiro atoms. The molecule has 114 valence electrons. The molecule has 23 heavy (non-hydrogen) atoms. The van der Waals surface area contributed by atoms with E-state index in [2.05, 4.69) is 13.0 Å². The minimum absolute atomic E-state index is 0.180. The molecular formula is C20H17NO2. The number of anilines is 2. The lowest BCUT2D eigenvalue weighted by Crippen LogP contribution is -2.42. The molecule has 0 bridgehead atoms. The first kappa shape index (κ1) is 13.9. The monoisotopic (exact) mass is 303 g/mol. The minimum Gasteiger partial charge on any atom is -0.334 e. The van der Waals surface area contributed by atoms with Gasteiger partial charge in [-0.2, -0.15) is 0 Å². The van der Waals surface area contributed by atoms with Crippen LogP contribution in [0.2, 0.25) is 0 Å². The van der Waals surface area contributed by atoms with Crippen LogP contribution in [0.3, 0.4) is 0 Å². The van der Waals surface area contributed by atoms with E-state index >= 15 is 0 Å². The predicted molar refractivity (Wildman–Crippen MR) is 93.3 cm³/mol. The maximum Gasteiger partial charge on any atom is 0.250 e. The third-order valence-electron chi connectivity index (χ3n) is 4.67. The number of aryl methyl sites for hydroxylation is 1. The molecule has 3 nitrogen and oxygen atoms in total. The average molecular weight is 303 g/mol. The van der Waals surface area contributed by atoms with Gasteiger partial charge in [-0.3, -0.25) is 9.59 Å². The van der Waals surface area contributed by atoms with Gasteiger partial charge < -0.3 is 4.90 Å². The maximum atomic E-state index is 12.3. The van der Waals surface area contributed by atoms with Crippen molar-refractivity contribution in [2.45, 2.75) is 26.3 Å². The zero-order chi connectivity index (χ0) is 16.1. The Kier molecular flexibility index (Phi) is 2.98. The summed E-state index contributed by atoms with van der Waals surface area (Å²) in [6.07, 6.45) is 0.891. The number of hydrogen-bond donors (Lipinski definition) is 0. The van der Waals surface area contributed by atoms with Gasteiger partial charge in [-0.15, -0.1) is 0 Å². The zero-order valence-corrected chi connectivity index (χ0v) is 13.2. The third kappa shape index (κ3) is 1.96. The highest BCUT2D eigenvalue weighted by molar-refractivity contribution is 5.88. The molecule has 0 aliphatic carbocycles. The number of para-hydroxylation sites is 1. The second-order valence-electron chi connectivity index (χ2n) is 6.30. The van der Waals surface area contributed by atoms with E-state index in [4.69, 9.17) is 0 Å². The topological polar surface area (TPSA) is 37.4 Å². The summed E-state index contributed by atoms with van der Waals surface area (Å²) in [5.74, 6) is 0. The number of benzene rings is 2. The van der Waals surface area contributed by atoms with E-state index in [0.29, 0.717) is 11.3 Å². The molecule has 0 saturated carbocycles. The highest BCUT2D eigenvalue weighted by Crippen LogP contribution is 2.40. The van der Waals surface area contributed by atoms with Crippen molar-refractivity contribution in [1.82, 2.24) is 0 Å².